The van der Waals surface area contributed by atoms with Gasteiger partial charge in [-0.05, 0) is 37.1 Å². The summed E-state index contributed by atoms with van der Waals surface area (Å²) in [4.78, 5) is 2.58. The van der Waals surface area contributed by atoms with E-state index in [0.29, 0.717) is 10.8 Å². The van der Waals surface area contributed by atoms with Gasteiger partial charge in [0.25, 0.3) is 0 Å². The van der Waals surface area contributed by atoms with E-state index in [1.165, 1.54) is 25.8 Å². The van der Waals surface area contributed by atoms with Gasteiger partial charge in [-0.25, -0.2) is 0 Å². The first-order valence-electron chi connectivity index (χ1n) is 5.13. The molecular weight excluding hydrogens is 146 g/mol. The maximum Gasteiger partial charge on any atom is 0.0150 e. The number of nitrogens with zero attached hydrogens (tertiary/aromatic N) is 1. The molecule has 1 unspecified atom stereocenters. The van der Waals surface area contributed by atoms with E-state index in [-0.39, 0.29) is 0 Å². The third-order valence-electron chi connectivity index (χ3n) is 3.73. The summed E-state index contributed by atoms with van der Waals surface area (Å²) < 4.78 is 0. The van der Waals surface area contributed by atoms with Gasteiger partial charge in [0.15, 0.2) is 0 Å². The molecule has 0 radical (unpaired) electrons. The topological polar surface area (TPSA) is 3.24 Å². The second-order valence-corrected chi connectivity index (χ2v) is 5.93. The van der Waals surface area contributed by atoms with Crippen LogP contribution in [0.5, 0.6) is 0 Å². The molecule has 70 valence electrons. The maximum absolute atomic E-state index is 2.58. The fourth-order valence-electron chi connectivity index (χ4n) is 2.28. The Morgan fingerprint density at radius 3 is 2.08 bits per heavy atom. The molecule has 2 aliphatic rings. The van der Waals surface area contributed by atoms with Crippen molar-refractivity contribution in [3.63, 3.8) is 0 Å². The van der Waals surface area contributed by atoms with Gasteiger partial charge < -0.3 is 4.90 Å². The predicted octanol–water partition coefficient (Wildman–Crippen LogP) is 2.52. The summed E-state index contributed by atoms with van der Waals surface area (Å²) in [7, 11) is 2.29. The van der Waals surface area contributed by atoms with Crippen LogP contribution in [-0.2, 0) is 0 Å². The van der Waals surface area contributed by atoms with E-state index >= 15 is 0 Å². The van der Waals surface area contributed by atoms with Gasteiger partial charge in [-0.2, -0.15) is 0 Å². The summed E-state index contributed by atoms with van der Waals surface area (Å²) >= 11 is 0. The molecule has 0 amide bonds. The standard InChI is InChI=1S/C11H21N/c1-10(2)7-9(10)12(4)8-11(3)5-6-11/h9H,5-8H2,1-4H3. The molecule has 2 fully saturated rings. The molecule has 0 aromatic rings. The Labute approximate surface area is 76.1 Å². The fraction of sp³-hybridized carbons (Fsp3) is 1.00. The van der Waals surface area contributed by atoms with E-state index < -0.39 is 0 Å². The molecule has 2 saturated carbocycles. The minimum absolute atomic E-state index is 0.611. The van der Waals surface area contributed by atoms with Gasteiger partial charge in [0.05, 0.1) is 0 Å². The summed E-state index contributed by atoms with van der Waals surface area (Å²) in [6.45, 7) is 8.49. The lowest BCUT2D eigenvalue weighted by atomic mass is 10.1. The van der Waals surface area contributed by atoms with Crippen LogP contribution in [0.4, 0.5) is 0 Å². The third-order valence-corrected chi connectivity index (χ3v) is 3.73. The van der Waals surface area contributed by atoms with Crippen LogP contribution in [0.25, 0.3) is 0 Å². The maximum atomic E-state index is 2.58. The lowest BCUT2D eigenvalue weighted by molar-refractivity contribution is 0.240. The summed E-state index contributed by atoms with van der Waals surface area (Å²) in [5.41, 5.74) is 1.30. The smallest absolute Gasteiger partial charge is 0.0150 e. The summed E-state index contributed by atoms with van der Waals surface area (Å²) in [5.74, 6) is 0. The number of rotatable bonds is 3. The zero-order valence-electron chi connectivity index (χ0n) is 8.85. The van der Waals surface area contributed by atoms with Crippen LogP contribution < -0.4 is 0 Å². The van der Waals surface area contributed by atoms with Gasteiger partial charge in [-0.1, -0.05) is 20.8 Å². The van der Waals surface area contributed by atoms with Crippen LogP contribution in [0.3, 0.4) is 0 Å². The monoisotopic (exact) mass is 167 g/mol. The Morgan fingerprint density at radius 1 is 1.25 bits per heavy atom. The van der Waals surface area contributed by atoms with Crippen molar-refractivity contribution in [1.29, 1.82) is 0 Å². The van der Waals surface area contributed by atoms with Gasteiger partial charge in [0.1, 0.15) is 0 Å². The van der Waals surface area contributed by atoms with Crippen molar-refractivity contribution in [1.82, 2.24) is 4.90 Å². The molecule has 0 bridgehead atoms. The van der Waals surface area contributed by atoms with Crippen molar-refractivity contribution in [2.45, 2.75) is 46.1 Å². The lowest BCUT2D eigenvalue weighted by Crippen LogP contribution is -2.29. The molecule has 0 heterocycles. The first-order chi connectivity index (χ1) is 5.43. The normalized spacial score (nSPS) is 35.2. The Balaban J connectivity index is 1.82. The molecule has 2 rings (SSSR count). The van der Waals surface area contributed by atoms with Crippen LogP contribution in [0.1, 0.15) is 40.0 Å². The molecule has 2 aliphatic carbocycles. The molecule has 1 atom stereocenters. The first kappa shape index (κ1) is 8.55. The van der Waals surface area contributed by atoms with E-state index in [9.17, 15) is 0 Å². The van der Waals surface area contributed by atoms with Crippen LogP contribution in [0.2, 0.25) is 0 Å². The van der Waals surface area contributed by atoms with Crippen molar-refractivity contribution >= 4 is 0 Å². The van der Waals surface area contributed by atoms with Gasteiger partial charge in [0.2, 0.25) is 0 Å². The van der Waals surface area contributed by atoms with Crippen LogP contribution in [0.15, 0.2) is 0 Å². The molecule has 0 aromatic heterocycles. The van der Waals surface area contributed by atoms with Gasteiger partial charge in [-0.3, -0.25) is 0 Å². The Kier molecular flexibility index (Phi) is 1.61. The molecule has 0 aromatic carbocycles. The van der Waals surface area contributed by atoms with E-state index in [4.69, 9.17) is 0 Å². The second-order valence-electron chi connectivity index (χ2n) is 5.93. The number of hydrogen-bond donors (Lipinski definition) is 0. The van der Waals surface area contributed by atoms with Crippen molar-refractivity contribution < 1.29 is 0 Å². The average molecular weight is 167 g/mol. The zero-order valence-corrected chi connectivity index (χ0v) is 8.85. The summed E-state index contributed by atoms with van der Waals surface area (Å²) in [6.07, 6.45) is 4.30. The largest absolute Gasteiger partial charge is 0.302 e. The Bertz CT molecular complexity index is 191. The van der Waals surface area contributed by atoms with Crippen molar-refractivity contribution in [3.05, 3.63) is 0 Å². The predicted molar refractivity (Wildman–Crippen MR) is 52.2 cm³/mol. The van der Waals surface area contributed by atoms with E-state index in [2.05, 4.69) is 32.7 Å². The summed E-state index contributed by atoms with van der Waals surface area (Å²) in [5, 5.41) is 0. The second kappa shape index (κ2) is 2.25. The quantitative estimate of drug-likeness (QED) is 0.624. The molecule has 0 N–H and O–H groups in total. The third kappa shape index (κ3) is 1.52. The van der Waals surface area contributed by atoms with Gasteiger partial charge >= 0.3 is 0 Å². The van der Waals surface area contributed by atoms with E-state index in [1.807, 2.05) is 0 Å². The van der Waals surface area contributed by atoms with Gasteiger partial charge in [0, 0.05) is 12.6 Å². The highest BCUT2D eigenvalue weighted by Gasteiger charge is 2.50. The van der Waals surface area contributed by atoms with Crippen LogP contribution in [0, 0.1) is 10.8 Å². The fourth-order valence-corrected chi connectivity index (χ4v) is 2.28. The SMILES string of the molecule is CN(CC1(C)CC1)C1CC1(C)C. The van der Waals surface area contributed by atoms with Crippen molar-refractivity contribution in [2.75, 3.05) is 13.6 Å². The van der Waals surface area contributed by atoms with Gasteiger partial charge in [-0.15, -0.1) is 0 Å². The molecule has 1 heteroatoms. The van der Waals surface area contributed by atoms with Crippen LogP contribution in [-0.4, -0.2) is 24.5 Å². The van der Waals surface area contributed by atoms with E-state index in [0.717, 1.165) is 6.04 Å². The molecule has 0 spiro atoms. The highest BCUT2D eigenvalue weighted by atomic mass is 15.2. The lowest BCUT2D eigenvalue weighted by Gasteiger charge is -2.22. The zero-order chi connectivity index (χ0) is 8.98. The van der Waals surface area contributed by atoms with E-state index in [1.54, 1.807) is 0 Å². The van der Waals surface area contributed by atoms with Crippen LogP contribution >= 0.6 is 0 Å². The molecular formula is C11H21N. The molecule has 12 heavy (non-hydrogen) atoms. The highest BCUT2D eigenvalue weighted by molar-refractivity contribution is 5.04. The Hall–Kier alpha value is -0.0400. The Morgan fingerprint density at radius 2 is 1.75 bits per heavy atom. The molecule has 1 nitrogen and oxygen atoms in total. The average Bonchev–Trinajstić information content (AvgIpc) is 2.74. The minimum atomic E-state index is 0.611. The first-order valence-corrected chi connectivity index (χ1v) is 5.13. The molecule has 0 aliphatic heterocycles. The van der Waals surface area contributed by atoms with Crippen molar-refractivity contribution in [3.8, 4) is 0 Å². The summed E-state index contributed by atoms with van der Waals surface area (Å²) in [6, 6.07) is 0.870. The van der Waals surface area contributed by atoms with Crippen molar-refractivity contribution in [2.24, 2.45) is 10.8 Å². The molecule has 0 saturated heterocycles. The highest BCUT2D eigenvalue weighted by Crippen LogP contribution is 2.51. The number of hydrogen-bond acceptors (Lipinski definition) is 1. The minimum Gasteiger partial charge on any atom is -0.302 e.